The highest BCUT2D eigenvalue weighted by atomic mass is 15.2. The molecule has 16 heavy (non-hydrogen) atoms. The first kappa shape index (κ1) is 14.0. The Labute approximate surface area is 102 Å². The largest absolute Gasteiger partial charge is 0.313 e. The Morgan fingerprint density at radius 2 is 2.00 bits per heavy atom. The zero-order valence-electron chi connectivity index (χ0n) is 11.8. The van der Waals surface area contributed by atoms with Gasteiger partial charge in [-0.2, -0.15) is 0 Å². The van der Waals surface area contributed by atoms with Crippen molar-refractivity contribution in [1.29, 1.82) is 0 Å². The molecule has 1 heterocycles. The predicted molar refractivity (Wildman–Crippen MR) is 71.8 cm³/mol. The Hall–Kier alpha value is -0.0800. The summed E-state index contributed by atoms with van der Waals surface area (Å²) in [4.78, 5) is 2.67. The topological polar surface area (TPSA) is 15.3 Å². The molecule has 2 nitrogen and oxygen atoms in total. The third kappa shape index (κ3) is 3.46. The highest BCUT2D eigenvalue weighted by molar-refractivity contribution is 4.90. The van der Waals surface area contributed by atoms with E-state index in [1.165, 1.54) is 32.4 Å². The summed E-state index contributed by atoms with van der Waals surface area (Å²) in [6, 6.07) is 0.660. The summed E-state index contributed by atoms with van der Waals surface area (Å²) in [5, 5.41) is 3.66. The fraction of sp³-hybridized carbons (Fsp3) is 1.00. The summed E-state index contributed by atoms with van der Waals surface area (Å²) < 4.78 is 0. The summed E-state index contributed by atoms with van der Waals surface area (Å²) in [5.41, 5.74) is 0.418. The number of nitrogens with one attached hydrogen (secondary N) is 1. The molecular weight excluding hydrogens is 196 g/mol. The first-order valence-corrected chi connectivity index (χ1v) is 6.99. The molecule has 1 aliphatic heterocycles. The number of nitrogens with zero attached hydrogens (tertiary/aromatic N) is 1. The smallest absolute Gasteiger partial charge is 0.0220 e. The van der Waals surface area contributed by atoms with E-state index in [1.54, 1.807) is 0 Å². The van der Waals surface area contributed by atoms with Gasteiger partial charge in [-0.05, 0) is 45.7 Å². The first-order valence-electron chi connectivity index (χ1n) is 6.99. The van der Waals surface area contributed by atoms with Gasteiger partial charge in [0.1, 0.15) is 0 Å². The fourth-order valence-electron chi connectivity index (χ4n) is 2.73. The second kappa shape index (κ2) is 6.02. The van der Waals surface area contributed by atoms with Gasteiger partial charge in [0.15, 0.2) is 0 Å². The van der Waals surface area contributed by atoms with Crippen LogP contribution in [0.25, 0.3) is 0 Å². The second-order valence-electron chi connectivity index (χ2n) is 5.91. The van der Waals surface area contributed by atoms with E-state index in [1.807, 2.05) is 0 Å². The van der Waals surface area contributed by atoms with Crippen LogP contribution in [0.4, 0.5) is 0 Å². The van der Waals surface area contributed by atoms with Gasteiger partial charge in [0.2, 0.25) is 0 Å². The molecule has 0 aromatic rings. The SMILES string of the molecule is CCNC(CN1CCCC1(C)C)C(C)CC. The van der Waals surface area contributed by atoms with Crippen molar-refractivity contribution in [3.8, 4) is 0 Å². The minimum Gasteiger partial charge on any atom is -0.313 e. The lowest BCUT2D eigenvalue weighted by molar-refractivity contribution is 0.141. The summed E-state index contributed by atoms with van der Waals surface area (Å²) in [6.45, 7) is 15.2. The number of hydrogen-bond donors (Lipinski definition) is 1. The Kier molecular flexibility index (Phi) is 5.26. The molecule has 0 aromatic heterocycles. The molecule has 0 aromatic carbocycles. The average Bonchev–Trinajstić information content (AvgIpc) is 2.56. The van der Waals surface area contributed by atoms with E-state index in [9.17, 15) is 0 Å². The third-order valence-electron chi connectivity index (χ3n) is 4.29. The molecule has 1 rings (SSSR count). The van der Waals surface area contributed by atoms with Crippen LogP contribution in [0.1, 0.15) is 53.9 Å². The average molecular weight is 226 g/mol. The molecule has 0 bridgehead atoms. The molecule has 2 heteroatoms. The van der Waals surface area contributed by atoms with E-state index in [0.717, 1.165) is 12.5 Å². The number of likely N-dealkylation sites (tertiary alicyclic amines) is 1. The van der Waals surface area contributed by atoms with Crippen LogP contribution in [0.3, 0.4) is 0 Å². The van der Waals surface area contributed by atoms with Gasteiger partial charge in [-0.25, -0.2) is 0 Å². The van der Waals surface area contributed by atoms with E-state index in [0.29, 0.717) is 11.6 Å². The van der Waals surface area contributed by atoms with Gasteiger partial charge in [0.05, 0.1) is 0 Å². The molecule has 2 unspecified atom stereocenters. The molecule has 0 radical (unpaired) electrons. The third-order valence-corrected chi connectivity index (χ3v) is 4.29. The number of hydrogen-bond acceptors (Lipinski definition) is 2. The molecule has 1 N–H and O–H groups in total. The Morgan fingerprint density at radius 1 is 1.31 bits per heavy atom. The Bertz CT molecular complexity index is 201. The zero-order valence-corrected chi connectivity index (χ0v) is 11.8. The maximum Gasteiger partial charge on any atom is 0.0220 e. The maximum absolute atomic E-state index is 3.66. The zero-order chi connectivity index (χ0) is 12.2. The molecule has 0 aliphatic carbocycles. The van der Waals surface area contributed by atoms with E-state index >= 15 is 0 Å². The molecule has 0 saturated carbocycles. The van der Waals surface area contributed by atoms with Crippen LogP contribution in [-0.2, 0) is 0 Å². The van der Waals surface area contributed by atoms with Crippen molar-refractivity contribution >= 4 is 0 Å². The lowest BCUT2D eigenvalue weighted by Crippen LogP contribution is -2.49. The van der Waals surface area contributed by atoms with Crippen LogP contribution in [0, 0.1) is 5.92 Å². The van der Waals surface area contributed by atoms with E-state index in [-0.39, 0.29) is 0 Å². The van der Waals surface area contributed by atoms with Gasteiger partial charge in [-0.15, -0.1) is 0 Å². The van der Waals surface area contributed by atoms with Crippen molar-refractivity contribution < 1.29 is 0 Å². The molecule has 1 saturated heterocycles. The summed E-state index contributed by atoms with van der Waals surface area (Å²) >= 11 is 0. The number of rotatable bonds is 6. The maximum atomic E-state index is 3.66. The van der Waals surface area contributed by atoms with Crippen molar-refractivity contribution in [2.24, 2.45) is 5.92 Å². The van der Waals surface area contributed by atoms with Gasteiger partial charge < -0.3 is 5.32 Å². The molecular formula is C14H30N2. The van der Waals surface area contributed by atoms with E-state index in [4.69, 9.17) is 0 Å². The van der Waals surface area contributed by atoms with Crippen LogP contribution >= 0.6 is 0 Å². The monoisotopic (exact) mass is 226 g/mol. The molecule has 96 valence electrons. The molecule has 1 fully saturated rings. The summed E-state index contributed by atoms with van der Waals surface area (Å²) in [6.07, 6.45) is 3.99. The van der Waals surface area contributed by atoms with Crippen molar-refractivity contribution in [3.63, 3.8) is 0 Å². The van der Waals surface area contributed by atoms with Crippen LogP contribution in [0.5, 0.6) is 0 Å². The standard InChI is InChI=1S/C14H30N2/c1-6-12(3)13(15-7-2)11-16-10-8-9-14(16,4)5/h12-13,15H,6-11H2,1-5H3. The van der Waals surface area contributed by atoms with Crippen molar-refractivity contribution in [3.05, 3.63) is 0 Å². The normalized spacial score (nSPS) is 24.6. The highest BCUT2D eigenvalue weighted by Crippen LogP contribution is 2.28. The van der Waals surface area contributed by atoms with E-state index in [2.05, 4.69) is 44.8 Å². The predicted octanol–water partition coefficient (Wildman–Crippen LogP) is 2.89. The van der Waals surface area contributed by atoms with Crippen LogP contribution < -0.4 is 5.32 Å². The van der Waals surface area contributed by atoms with Crippen molar-refractivity contribution in [1.82, 2.24) is 10.2 Å². The summed E-state index contributed by atoms with van der Waals surface area (Å²) in [7, 11) is 0. The lowest BCUT2D eigenvalue weighted by atomic mass is 9.96. The van der Waals surface area contributed by atoms with Gasteiger partial charge in [0.25, 0.3) is 0 Å². The summed E-state index contributed by atoms with van der Waals surface area (Å²) in [5.74, 6) is 0.774. The molecule has 1 aliphatic rings. The second-order valence-corrected chi connectivity index (χ2v) is 5.91. The van der Waals surface area contributed by atoms with Gasteiger partial charge in [-0.3, -0.25) is 4.90 Å². The Balaban J connectivity index is 2.54. The molecule has 0 spiro atoms. The van der Waals surface area contributed by atoms with Gasteiger partial charge >= 0.3 is 0 Å². The van der Waals surface area contributed by atoms with Crippen molar-refractivity contribution in [2.45, 2.75) is 65.5 Å². The lowest BCUT2D eigenvalue weighted by Gasteiger charge is -2.36. The highest BCUT2D eigenvalue weighted by Gasteiger charge is 2.33. The minimum atomic E-state index is 0.418. The van der Waals surface area contributed by atoms with Crippen molar-refractivity contribution in [2.75, 3.05) is 19.6 Å². The fourth-order valence-corrected chi connectivity index (χ4v) is 2.73. The molecule has 2 atom stereocenters. The van der Waals surface area contributed by atoms with E-state index < -0.39 is 0 Å². The van der Waals surface area contributed by atoms with Crippen LogP contribution in [0.15, 0.2) is 0 Å². The van der Waals surface area contributed by atoms with Crippen LogP contribution in [-0.4, -0.2) is 36.1 Å². The quantitative estimate of drug-likeness (QED) is 0.749. The first-order chi connectivity index (χ1) is 7.51. The number of likely N-dealkylation sites (N-methyl/N-ethyl adjacent to an activating group) is 1. The minimum absolute atomic E-state index is 0.418. The van der Waals surface area contributed by atoms with Gasteiger partial charge in [0, 0.05) is 18.1 Å². The van der Waals surface area contributed by atoms with Gasteiger partial charge in [-0.1, -0.05) is 27.2 Å². The molecule has 0 amide bonds. The Morgan fingerprint density at radius 3 is 2.44 bits per heavy atom. The van der Waals surface area contributed by atoms with Crippen LogP contribution in [0.2, 0.25) is 0 Å².